The number of carbonyl (C=O) groups excluding carboxylic acids is 1. The maximum Gasteiger partial charge on any atom is 0.241 e. The van der Waals surface area contributed by atoms with Crippen molar-refractivity contribution >= 4 is 5.91 Å². The van der Waals surface area contributed by atoms with E-state index in [9.17, 15) is 4.79 Å². The van der Waals surface area contributed by atoms with Crippen LogP contribution in [0.4, 0.5) is 0 Å². The number of carbonyl (C=O) groups is 1. The van der Waals surface area contributed by atoms with Gasteiger partial charge >= 0.3 is 0 Å². The van der Waals surface area contributed by atoms with Crippen molar-refractivity contribution in [1.82, 2.24) is 20.7 Å². The second-order valence-corrected chi connectivity index (χ2v) is 6.25. The van der Waals surface area contributed by atoms with Gasteiger partial charge in [0.1, 0.15) is 17.6 Å². The molecule has 3 rings (SSSR count). The molecular weight excluding hydrogens is 320 g/mol. The number of nitrogens with zero attached hydrogens (tertiary/aromatic N) is 2. The molecule has 1 fully saturated rings. The molecule has 1 saturated heterocycles. The van der Waals surface area contributed by atoms with Crippen LogP contribution in [0.3, 0.4) is 0 Å². The Hall–Kier alpha value is -2.22. The number of rotatable bonds is 6. The molecule has 3 atom stereocenters. The standard InChI is InChI=1S/C18H24N4O3/c1-12-7-8-17(25-12)14-10-15(21-20-14)18(23)22(2)16(11-24-3)13-6-4-5-9-19-13/h4-9,14-16,20-21H,10-11H2,1-3H3. The number of hydrogen-bond donors (Lipinski definition) is 2. The molecular formula is C18H24N4O3. The van der Waals surface area contributed by atoms with Gasteiger partial charge in [-0.1, -0.05) is 6.07 Å². The number of methoxy groups -OCH3 is 1. The molecule has 0 saturated carbocycles. The number of ether oxygens (including phenoxy) is 1. The smallest absolute Gasteiger partial charge is 0.241 e. The van der Waals surface area contributed by atoms with E-state index in [0.717, 1.165) is 17.2 Å². The van der Waals surface area contributed by atoms with Gasteiger partial charge in [0.15, 0.2) is 0 Å². The van der Waals surface area contributed by atoms with Crippen LogP contribution in [-0.2, 0) is 9.53 Å². The molecule has 0 radical (unpaired) electrons. The first-order valence-corrected chi connectivity index (χ1v) is 8.34. The first kappa shape index (κ1) is 17.6. The zero-order chi connectivity index (χ0) is 17.8. The van der Waals surface area contributed by atoms with Crippen LogP contribution in [0.15, 0.2) is 40.9 Å². The first-order valence-electron chi connectivity index (χ1n) is 8.34. The second kappa shape index (κ2) is 7.77. The van der Waals surface area contributed by atoms with Crippen molar-refractivity contribution in [3.8, 4) is 0 Å². The third-order valence-electron chi connectivity index (χ3n) is 4.47. The third kappa shape index (κ3) is 3.89. The molecule has 3 unspecified atom stereocenters. The number of amides is 1. The Kier molecular flexibility index (Phi) is 5.47. The van der Waals surface area contributed by atoms with Gasteiger partial charge in [-0.2, -0.15) is 0 Å². The number of aryl methyl sites for hydroxylation is 1. The number of aromatic nitrogens is 1. The first-order chi connectivity index (χ1) is 12.1. The Morgan fingerprint density at radius 3 is 2.88 bits per heavy atom. The lowest BCUT2D eigenvalue weighted by molar-refractivity contribution is -0.135. The van der Waals surface area contributed by atoms with Gasteiger partial charge in [-0.3, -0.25) is 9.78 Å². The van der Waals surface area contributed by atoms with Crippen LogP contribution >= 0.6 is 0 Å². The fourth-order valence-electron chi connectivity index (χ4n) is 3.07. The van der Waals surface area contributed by atoms with Crippen LogP contribution < -0.4 is 10.9 Å². The second-order valence-electron chi connectivity index (χ2n) is 6.25. The van der Waals surface area contributed by atoms with Gasteiger partial charge in [0, 0.05) is 20.4 Å². The number of furan rings is 1. The molecule has 1 amide bonds. The van der Waals surface area contributed by atoms with E-state index in [1.165, 1.54) is 0 Å². The zero-order valence-corrected chi connectivity index (χ0v) is 14.7. The van der Waals surface area contributed by atoms with E-state index in [1.54, 1.807) is 25.3 Å². The zero-order valence-electron chi connectivity index (χ0n) is 14.7. The fraction of sp³-hybridized carbons (Fsp3) is 0.444. The van der Waals surface area contributed by atoms with Crippen LogP contribution in [0.25, 0.3) is 0 Å². The Morgan fingerprint density at radius 2 is 2.24 bits per heavy atom. The van der Waals surface area contributed by atoms with Gasteiger partial charge in [0.05, 0.1) is 24.4 Å². The monoisotopic (exact) mass is 344 g/mol. The minimum Gasteiger partial charge on any atom is -0.465 e. The molecule has 2 aromatic rings. The summed E-state index contributed by atoms with van der Waals surface area (Å²) in [6.07, 6.45) is 2.35. The molecule has 2 aromatic heterocycles. The summed E-state index contributed by atoms with van der Waals surface area (Å²) >= 11 is 0. The number of likely N-dealkylation sites (N-methyl/N-ethyl adjacent to an activating group) is 1. The maximum atomic E-state index is 12.9. The molecule has 1 aliphatic rings. The highest BCUT2D eigenvalue weighted by Crippen LogP contribution is 2.26. The van der Waals surface area contributed by atoms with E-state index in [4.69, 9.17) is 9.15 Å². The van der Waals surface area contributed by atoms with Gasteiger partial charge in [0.2, 0.25) is 5.91 Å². The minimum absolute atomic E-state index is 0.00835. The molecule has 0 spiro atoms. The number of pyridine rings is 1. The van der Waals surface area contributed by atoms with Crippen molar-refractivity contribution < 1.29 is 13.9 Å². The molecule has 0 aliphatic carbocycles. The third-order valence-corrected chi connectivity index (χ3v) is 4.47. The van der Waals surface area contributed by atoms with Crippen molar-refractivity contribution in [2.24, 2.45) is 0 Å². The lowest BCUT2D eigenvalue weighted by Crippen LogP contribution is -2.46. The summed E-state index contributed by atoms with van der Waals surface area (Å²) in [6, 6.07) is 8.95. The summed E-state index contributed by atoms with van der Waals surface area (Å²) in [7, 11) is 3.41. The van der Waals surface area contributed by atoms with E-state index in [2.05, 4.69) is 15.8 Å². The van der Waals surface area contributed by atoms with Crippen LogP contribution in [0, 0.1) is 6.92 Å². The number of hydrogen-bond acceptors (Lipinski definition) is 6. The van der Waals surface area contributed by atoms with E-state index >= 15 is 0 Å². The largest absolute Gasteiger partial charge is 0.465 e. The predicted octanol–water partition coefficient (Wildman–Crippen LogP) is 1.74. The molecule has 134 valence electrons. The Balaban J connectivity index is 1.69. The lowest BCUT2D eigenvalue weighted by Gasteiger charge is -2.29. The molecule has 2 N–H and O–H groups in total. The van der Waals surface area contributed by atoms with Crippen molar-refractivity contribution in [2.45, 2.75) is 31.5 Å². The summed E-state index contributed by atoms with van der Waals surface area (Å²) in [5, 5.41) is 0. The molecule has 0 aromatic carbocycles. The van der Waals surface area contributed by atoms with Gasteiger partial charge in [-0.05, 0) is 37.6 Å². The molecule has 25 heavy (non-hydrogen) atoms. The normalized spacial score (nSPS) is 21.2. The highest BCUT2D eigenvalue weighted by Gasteiger charge is 2.35. The average Bonchev–Trinajstić information content (AvgIpc) is 3.28. The van der Waals surface area contributed by atoms with Crippen molar-refractivity contribution in [3.63, 3.8) is 0 Å². The Morgan fingerprint density at radius 1 is 1.40 bits per heavy atom. The van der Waals surface area contributed by atoms with Crippen LogP contribution in [0.5, 0.6) is 0 Å². The summed E-state index contributed by atoms with van der Waals surface area (Å²) in [6.45, 7) is 2.30. The summed E-state index contributed by atoms with van der Waals surface area (Å²) in [5.41, 5.74) is 7.04. The summed E-state index contributed by atoms with van der Waals surface area (Å²) < 4.78 is 11.0. The quantitative estimate of drug-likeness (QED) is 0.831. The molecule has 3 heterocycles. The topological polar surface area (TPSA) is 79.6 Å². The molecule has 7 heteroatoms. The van der Waals surface area contributed by atoms with Gasteiger partial charge in [0.25, 0.3) is 0 Å². The highest BCUT2D eigenvalue weighted by atomic mass is 16.5. The van der Waals surface area contributed by atoms with Gasteiger partial charge in [-0.15, -0.1) is 0 Å². The van der Waals surface area contributed by atoms with E-state index in [0.29, 0.717) is 13.0 Å². The van der Waals surface area contributed by atoms with Crippen molar-refractivity contribution in [3.05, 3.63) is 53.7 Å². The fourth-order valence-corrected chi connectivity index (χ4v) is 3.07. The number of nitrogens with one attached hydrogen (secondary N) is 2. The molecule has 1 aliphatic heterocycles. The van der Waals surface area contributed by atoms with E-state index < -0.39 is 0 Å². The van der Waals surface area contributed by atoms with Crippen molar-refractivity contribution in [1.29, 1.82) is 0 Å². The van der Waals surface area contributed by atoms with E-state index in [1.807, 2.05) is 37.3 Å². The summed E-state index contributed by atoms with van der Waals surface area (Å²) in [5.74, 6) is 1.69. The Bertz CT molecular complexity index is 703. The summed E-state index contributed by atoms with van der Waals surface area (Å²) in [4.78, 5) is 19.0. The highest BCUT2D eigenvalue weighted by molar-refractivity contribution is 5.82. The SMILES string of the molecule is COCC(c1ccccn1)N(C)C(=O)C1CC(c2ccc(C)o2)NN1. The van der Waals surface area contributed by atoms with Gasteiger partial charge < -0.3 is 14.1 Å². The van der Waals surface area contributed by atoms with Gasteiger partial charge in [-0.25, -0.2) is 10.9 Å². The average molecular weight is 344 g/mol. The number of hydrazine groups is 1. The van der Waals surface area contributed by atoms with E-state index in [-0.39, 0.29) is 24.0 Å². The van der Waals surface area contributed by atoms with Crippen molar-refractivity contribution in [2.75, 3.05) is 20.8 Å². The van der Waals surface area contributed by atoms with Crippen LogP contribution in [0.2, 0.25) is 0 Å². The lowest BCUT2D eigenvalue weighted by atomic mass is 10.1. The molecule has 0 bridgehead atoms. The minimum atomic E-state index is -0.330. The molecule has 7 nitrogen and oxygen atoms in total. The van der Waals surface area contributed by atoms with Crippen LogP contribution in [-0.4, -0.2) is 42.6 Å². The predicted molar refractivity (Wildman–Crippen MR) is 92.5 cm³/mol. The van der Waals surface area contributed by atoms with Crippen LogP contribution in [0.1, 0.15) is 35.7 Å². The maximum absolute atomic E-state index is 12.9. The Labute approximate surface area is 147 Å².